The van der Waals surface area contributed by atoms with E-state index >= 15 is 0 Å². The van der Waals surface area contributed by atoms with Crippen molar-refractivity contribution in [2.75, 3.05) is 0 Å². The van der Waals surface area contributed by atoms with Gasteiger partial charge in [0.15, 0.2) is 0 Å². The Labute approximate surface area is 129 Å². The first-order valence-corrected chi connectivity index (χ1v) is 9.23. The molecular formula is C19H31NO. The Kier molecular flexibility index (Phi) is 3.01. The Hall–Kier alpha value is -0.530. The molecule has 118 valence electrons. The number of carbonyl (C=O) groups is 1. The van der Waals surface area contributed by atoms with Gasteiger partial charge < -0.3 is 5.32 Å². The molecule has 0 aromatic heterocycles. The van der Waals surface area contributed by atoms with Crippen LogP contribution in [0.3, 0.4) is 0 Å². The van der Waals surface area contributed by atoms with Crippen LogP contribution in [0.1, 0.15) is 72.1 Å². The van der Waals surface area contributed by atoms with Crippen LogP contribution in [0.4, 0.5) is 0 Å². The molecule has 3 aliphatic carbocycles. The van der Waals surface area contributed by atoms with Gasteiger partial charge in [0, 0.05) is 12.5 Å². The summed E-state index contributed by atoms with van der Waals surface area (Å²) in [6.07, 6.45) is 10.3. The largest absolute Gasteiger partial charge is 0.353 e. The van der Waals surface area contributed by atoms with Gasteiger partial charge in [0.05, 0.1) is 0 Å². The van der Waals surface area contributed by atoms with E-state index in [0.717, 1.165) is 36.5 Å². The summed E-state index contributed by atoms with van der Waals surface area (Å²) >= 11 is 0. The topological polar surface area (TPSA) is 29.1 Å². The van der Waals surface area contributed by atoms with Gasteiger partial charge in [-0.25, -0.2) is 0 Å². The molecule has 4 fully saturated rings. The second-order valence-electron chi connectivity index (χ2n) is 9.21. The minimum Gasteiger partial charge on any atom is -0.353 e. The summed E-state index contributed by atoms with van der Waals surface area (Å²) in [6.45, 7) is 7.55. The van der Waals surface area contributed by atoms with Crippen molar-refractivity contribution in [1.29, 1.82) is 0 Å². The van der Waals surface area contributed by atoms with E-state index in [2.05, 4.69) is 26.1 Å². The number of amides is 1. The van der Waals surface area contributed by atoms with Crippen molar-refractivity contribution in [3.8, 4) is 0 Å². The molecule has 0 bridgehead atoms. The van der Waals surface area contributed by atoms with Gasteiger partial charge in [0.1, 0.15) is 0 Å². The van der Waals surface area contributed by atoms with Gasteiger partial charge >= 0.3 is 0 Å². The van der Waals surface area contributed by atoms with Crippen LogP contribution < -0.4 is 5.32 Å². The molecule has 1 aliphatic heterocycles. The maximum Gasteiger partial charge on any atom is 0.220 e. The van der Waals surface area contributed by atoms with Gasteiger partial charge in [-0.3, -0.25) is 4.79 Å². The highest BCUT2D eigenvalue weighted by Gasteiger charge is 2.59. The summed E-state index contributed by atoms with van der Waals surface area (Å²) in [5.41, 5.74) is 1.01. The van der Waals surface area contributed by atoms with Crippen LogP contribution in [0.25, 0.3) is 0 Å². The number of carbonyl (C=O) groups excluding carboxylic acids is 1. The van der Waals surface area contributed by atoms with E-state index in [-0.39, 0.29) is 0 Å². The zero-order valence-corrected chi connectivity index (χ0v) is 14.0. The summed E-state index contributed by atoms with van der Waals surface area (Å²) in [5, 5.41) is 3.35. The first-order valence-electron chi connectivity index (χ1n) is 9.23. The van der Waals surface area contributed by atoms with E-state index in [1.165, 1.54) is 38.5 Å². The predicted molar refractivity (Wildman–Crippen MR) is 84.7 cm³/mol. The Morgan fingerprint density at radius 1 is 1.10 bits per heavy atom. The van der Waals surface area contributed by atoms with E-state index in [4.69, 9.17) is 0 Å². The quantitative estimate of drug-likeness (QED) is 0.713. The number of rotatable bonds is 0. The molecule has 21 heavy (non-hydrogen) atoms. The molecule has 0 aromatic rings. The van der Waals surface area contributed by atoms with Gasteiger partial charge in [0.25, 0.3) is 0 Å². The third-order valence-corrected chi connectivity index (χ3v) is 8.25. The predicted octanol–water partition coefficient (Wildman–Crippen LogP) is 4.14. The van der Waals surface area contributed by atoms with E-state index in [9.17, 15) is 4.79 Å². The van der Waals surface area contributed by atoms with Gasteiger partial charge in [-0.15, -0.1) is 0 Å². The van der Waals surface area contributed by atoms with Crippen LogP contribution in [0, 0.1) is 34.5 Å². The number of hydrogen-bond donors (Lipinski definition) is 1. The Bertz CT molecular complexity index is 460. The lowest BCUT2D eigenvalue weighted by Crippen LogP contribution is -2.62. The smallest absolute Gasteiger partial charge is 0.220 e. The molecule has 4 aliphatic rings. The van der Waals surface area contributed by atoms with Crippen molar-refractivity contribution in [2.24, 2.45) is 34.5 Å². The molecular weight excluding hydrogens is 258 g/mol. The van der Waals surface area contributed by atoms with Gasteiger partial charge in [-0.1, -0.05) is 27.2 Å². The Morgan fingerprint density at radius 2 is 1.90 bits per heavy atom. The van der Waals surface area contributed by atoms with Crippen molar-refractivity contribution in [3.05, 3.63) is 0 Å². The fraction of sp³-hybridized carbons (Fsp3) is 0.947. The van der Waals surface area contributed by atoms with Gasteiger partial charge in [-0.2, -0.15) is 0 Å². The second kappa shape index (κ2) is 4.49. The SMILES string of the molecule is CC1CC2NC(=O)CCC2(C)C2CCC3(C)CCCC3C12. The summed E-state index contributed by atoms with van der Waals surface area (Å²) in [7, 11) is 0. The Morgan fingerprint density at radius 3 is 2.71 bits per heavy atom. The average molecular weight is 289 g/mol. The third kappa shape index (κ3) is 1.86. The molecule has 1 N–H and O–H groups in total. The van der Waals surface area contributed by atoms with Crippen molar-refractivity contribution in [1.82, 2.24) is 5.32 Å². The van der Waals surface area contributed by atoms with E-state index < -0.39 is 0 Å². The number of fused-ring (bicyclic) bond motifs is 5. The third-order valence-electron chi connectivity index (χ3n) is 8.25. The summed E-state index contributed by atoms with van der Waals surface area (Å²) in [6, 6.07) is 0.445. The molecule has 4 rings (SSSR count). The number of piperidine rings is 1. The number of nitrogens with one attached hydrogen (secondary N) is 1. The van der Waals surface area contributed by atoms with Crippen LogP contribution in [0.15, 0.2) is 0 Å². The minimum atomic E-state index is 0.296. The fourth-order valence-electron chi connectivity index (χ4n) is 7.04. The van der Waals surface area contributed by atoms with Crippen molar-refractivity contribution < 1.29 is 4.79 Å². The second-order valence-corrected chi connectivity index (χ2v) is 9.21. The molecule has 0 radical (unpaired) electrons. The standard InChI is InChI=1S/C19H31NO/c1-12-11-15-19(3,10-7-16(21)20-15)14-6-9-18(2)8-4-5-13(18)17(12)14/h12-15,17H,4-11H2,1-3H3,(H,20,21). The lowest BCUT2D eigenvalue weighted by atomic mass is 9.45. The van der Waals surface area contributed by atoms with Crippen LogP contribution >= 0.6 is 0 Å². The fourth-order valence-corrected chi connectivity index (χ4v) is 7.04. The first kappa shape index (κ1) is 14.1. The Balaban J connectivity index is 1.68. The first-order chi connectivity index (χ1) is 9.94. The van der Waals surface area contributed by atoms with Crippen molar-refractivity contribution in [2.45, 2.75) is 78.2 Å². The maximum atomic E-state index is 11.8. The van der Waals surface area contributed by atoms with E-state index in [0.29, 0.717) is 22.8 Å². The number of hydrogen-bond acceptors (Lipinski definition) is 1. The van der Waals surface area contributed by atoms with Gasteiger partial charge in [-0.05, 0) is 73.0 Å². The van der Waals surface area contributed by atoms with E-state index in [1.54, 1.807) is 0 Å². The highest BCUT2D eigenvalue weighted by atomic mass is 16.1. The molecule has 2 nitrogen and oxygen atoms in total. The molecule has 7 unspecified atom stereocenters. The lowest BCUT2D eigenvalue weighted by Gasteiger charge is -2.61. The highest BCUT2D eigenvalue weighted by Crippen LogP contribution is 2.65. The van der Waals surface area contributed by atoms with Crippen LogP contribution in [-0.4, -0.2) is 11.9 Å². The van der Waals surface area contributed by atoms with Crippen molar-refractivity contribution in [3.63, 3.8) is 0 Å². The zero-order valence-electron chi connectivity index (χ0n) is 14.0. The summed E-state index contributed by atoms with van der Waals surface area (Å²) in [4.78, 5) is 11.8. The summed E-state index contributed by atoms with van der Waals surface area (Å²) in [5.74, 6) is 3.81. The highest BCUT2D eigenvalue weighted by molar-refractivity contribution is 5.77. The molecule has 0 spiro atoms. The van der Waals surface area contributed by atoms with Crippen LogP contribution in [0.2, 0.25) is 0 Å². The lowest BCUT2D eigenvalue weighted by molar-refractivity contribution is -0.141. The maximum absolute atomic E-state index is 11.8. The van der Waals surface area contributed by atoms with E-state index in [1.807, 2.05) is 0 Å². The zero-order chi connectivity index (χ0) is 14.8. The molecule has 1 saturated heterocycles. The van der Waals surface area contributed by atoms with Crippen LogP contribution in [-0.2, 0) is 4.79 Å². The summed E-state index contributed by atoms with van der Waals surface area (Å²) < 4.78 is 0. The normalized spacial score (nSPS) is 56.1. The van der Waals surface area contributed by atoms with Crippen molar-refractivity contribution >= 4 is 5.91 Å². The average Bonchev–Trinajstić information content (AvgIpc) is 2.82. The molecule has 2 heteroatoms. The monoisotopic (exact) mass is 289 g/mol. The molecule has 0 aromatic carbocycles. The van der Waals surface area contributed by atoms with Gasteiger partial charge in [0.2, 0.25) is 5.91 Å². The minimum absolute atomic E-state index is 0.296. The molecule has 3 saturated carbocycles. The molecule has 1 amide bonds. The molecule has 7 atom stereocenters. The molecule has 1 heterocycles. The van der Waals surface area contributed by atoms with Crippen LogP contribution in [0.5, 0.6) is 0 Å².